The van der Waals surface area contributed by atoms with Crippen molar-refractivity contribution in [1.82, 2.24) is 0 Å². The van der Waals surface area contributed by atoms with Gasteiger partial charge in [0, 0.05) is 24.1 Å². The predicted octanol–water partition coefficient (Wildman–Crippen LogP) is 3.73. The SMILES string of the molecule is CCC(=O)SCC[N+](C)(C)C.O=C([O-])c1cccc([N+](=O)[O-])c1SSc1c(C(=O)O)cccc1[N+](=O)[O-]. The van der Waals surface area contributed by atoms with Gasteiger partial charge in [0.25, 0.3) is 11.4 Å². The number of rotatable bonds is 11. The Balaban J connectivity index is 0.000000525. The molecule has 200 valence electrons. The molecule has 37 heavy (non-hydrogen) atoms. The van der Waals surface area contributed by atoms with Crippen molar-refractivity contribution in [2.45, 2.75) is 23.1 Å². The normalized spacial score (nSPS) is 10.7. The lowest BCUT2D eigenvalue weighted by Gasteiger charge is -2.23. The van der Waals surface area contributed by atoms with Crippen LogP contribution in [0.15, 0.2) is 46.2 Å². The van der Waals surface area contributed by atoms with Gasteiger partial charge in [-0.3, -0.25) is 25.0 Å². The van der Waals surface area contributed by atoms with E-state index in [0.717, 1.165) is 47.1 Å². The Morgan fingerprint density at radius 2 is 1.35 bits per heavy atom. The molecule has 2 aromatic carbocycles. The highest BCUT2D eigenvalue weighted by Crippen LogP contribution is 2.47. The molecule has 0 radical (unpaired) electrons. The van der Waals surface area contributed by atoms with Crippen molar-refractivity contribution < 1.29 is 38.9 Å². The molecule has 0 bridgehead atoms. The highest BCUT2D eigenvalue weighted by Gasteiger charge is 2.25. The second-order valence-corrected chi connectivity index (χ2v) is 11.5. The van der Waals surface area contributed by atoms with Gasteiger partial charge in [0.1, 0.15) is 9.79 Å². The zero-order valence-electron chi connectivity index (χ0n) is 20.4. The summed E-state index contributed by atoms with van der Waals surface area (Å²) in [5, 5.41) is 43.0. The fourth-order valence-corrected chi connectivity index (χ4v) is 6.19. The first kappa shape index (κ1) is 31.9. The molecule has 2 aromatic rings. The van der Waals surface area contributed by atoms with Crippen LogP contribution in [0, 0.1) is 20.2 Å². The van der Waals surface area contributed by atoms with Gasteiger partial charge in [-0.05, 0) is 27.7 Å². The summed E-state index contributed by atoms with van der Waals surface area (Å²) in [5.74, 6) is -2.16. The van der Waals surface area contributed by atoms with Crippen molar-refractivity contribution in [3.05, 3.63) is 67.8 Å². The van der Waals surface area contributed by atoms with Crippen LogP contribution in [0.25, 0.3) is 0 Å². The molecular formula is C22H25N3O9S3. The number of carbonyl (C=O) groups excluding carboxylic acids is 2. The number of hydrogen-bond donors (Lipinski definition) is 1. The average molecular weight is 572 g/mol. The molecule has 0 heterocycles. The fourth-order valence-electron chi connectivity index (χ4n) is 2.46. The standard InChI is InChI=1S/C14H8N2O8S2.C8H18NOS/c17-13(18)7-3-1-5-9(15(21)22)11(7)25-26-12-8(14(19)20)4-2-6-10(12)16(23)24;1-5-8(10)11-7-6-9(2,3)4/h1-6H,(H,17,18)(H,19,20);5-7H2,1-4H3/q;+1/p-1. The molecule has 2 rings (SSSR count). The highest BCUT2D eigenvalue weighted by atomic mass is 33.1. The van der Waals surface area contributed by atoms with E-state index in [1.165, 1.54) is 17.8 Å². The minimum atomic E-state index is -1.67. The molecule has 0 aliphatic heterocycles. The van der Waals surface area contributed by atoms with Gasteiger partial charge in [0.2, 0.25) is 0 Å². The van der Waals surface area contributed by atoms with Gasteiger partial charge in [0.15, 0.2) is 5.12 Å². The lowest BCUT2D eigenvalue weighted by Crippen LogP contribution is -2.36. The van der Waals surface area contributed by atoms with Gasteiger partial charge in [-0.15, -0.1) is 0 Å². The van der Waals surface area contributed by atoms with Crippen molar-refractivity contribution in [2.75, 3.05) is 33.4 Å². The van der Waals surface area contributed by atoms with Gasteiger partial charge >= 0.3 is 5.97 Å². The molecule has 0 amide bonds. The molecule has 0 aliphatic rings. The average Bonchev–Trinajstić information content (AvgIpc) is 2.81. The van der Waals surface area contributed by atoms with E-state index in [9.17, 15) is 44.8 Å². The molecule has 0 saturated heterocycles. The number of hydrogen-bond acceptors (Lipinski definition) is 11. The summed E-state index contributed by atoms with van der Waals surface area (Å²) in [5.41, 5.74) is -1.92. The van der Waals surface area contributed by atoms with E-state index in [2.05, 4.69) is 21.1 Å². The van der Waals surface area contributed by atoms with Crippen molar-refractivity contribution in [2.24, 2.45) is 0 Å². The van der Waals surface area contributed by atoms with Crippen LogP contribution < -0.4 is 5.11 Å². The quantitative estimate of drug-likeness (QED) is 0.179. The molecule has 1 N–H and O–H groups in total. The number of nitro groups is 2. The molecular weight excluding hydrogens is 546 g/mol. The zero-order valence-corrected chi connectivity index (χ0v) is 22.8. The van der Waals surface area contributed by atoms with Crippen LogP contribution in [0.5, 0.6) is 0 Å². The van der Waals surface area contributed by atoms with Crippen LogP contribution in [0.3, 0.4) is 0 Å². The van der Waals surface area contributed by atoms with Crippen LogP contribution in [0.4, 0.5) is 11.4 Å². The molecule has 12 nitrogen and oxygen atoms in total. The van der Waals surface area contributed by atoms with E-state index in [0.29, 0.717) is 33.1 Å². The second-order valence-electron chi connectivity index (χ2n) is 8.17. The third kappa shape index (κ3) is 10.4. The Kier molecular flexibility index (Phi) is 12.6. The first-order valence-corrected chi connectivity index (χ1v) is 13.6. The van der Waals surface area contributed by atoms with Crippen LogP contribution in [-0.2, 0) is 4.79 Å². The Hall–Kier alpha value is -3.14. The summed E-state index contributed by atoms with van der Waals surface area (Å²) in [6.45, 7) is 2.96. The maximum Gasteiger partial charge on any atom is 0.337 e. The maximum absolute atomic E-state index is 11.3. The number of thioether (sulfide) groups is 1. The zero-order chi connectivity index (χ0) is 28.3. The Morgan fingerprint density at radius 3 is 1.73 bits per heavy atom. The lowest BCUT2D eigenvalue weighted by atomic mass is 10.2. The van der Waals surface area contributed by atoms with Crippen LogP contribution in [0.2, 0.25) is 0 Å². The van der Waals surface area contributed by atoms with E-state index >= 15 is 0 Å². The van der Waals surface area contributed by atoms with E-state index in [1.807, 2.05) is 6.92 Å². The van der Waals surface area contributed by atoms with Gasteiger partial charge in [0.05, 0.1) is 54.8 Å². The third-order valence-corrected chi connectivity index (χ3v) is 7.88. The number of aromatic carboxylic acids is 2. The van der Waals surface area contributed by atoms with E-state index in [4.69, 9.17) is 0 Å². The van der Waals surface area contributed by atoms with Gasteiger partial charge < -0.3 is 19.5 Å². The Bertz CT molecular complexity index is 1040. The van der Waals surface area contributed by atoms with E-state index < -0.39 is 38.7 Å². The number of nitrogens with zero attached hydrogens (tertiary/aromatic N) is 3. The number of quaternary nitrogens is 1. The summed E-state index contributed by atoms with van der Waals surface area (Å²) in [6, 6.07) is 6.71. The molecule has 0 aliphatic carbocycles. The molecule has 15 heteroatoms. The minimum Gasteiger partial charge on any atom is -0.545 e. The number of carbonyl (C=O) groups is 3. The van der Waals surface area contributed by atoms with E-state index in [1.54, 1.807) is 0 Å². The molecule has 0 unspecified atom stereocenters. The highest BCUT2D eigenvalue weighted by molar-refractivity contribution is 8.76. The monoisotopic (exact) mass is 571 g/mol. The first-order chi connectivity index (χ1) is 17.2. The topological polar surface area (TPSA) is 181 Å². The second kappa shape index (κ2) is 14.6. The molecule has 0 atom stereocenters. The summed E-state index contributed by atoms with van der Waals surface area (Å²) >= 11 is 1.45. The first-order valence-electron chi connectivity index (χ1n) is 10.5. The third-order valence-electron chi connectivity index (χ3n) is 4.35. The fraction of sp³-hybridized carbons (Fsp3) is 0.318. The summed E-state index contributed by atoms with van der Waals surface area (Å²) in [7, 11) is 7.49. The summed E-state index contributed by atoms with van der Waals surface area (Å²) in [4.78, 5) is 53.4. The molecule has 0 spiro atoms. The maximum atomic E-state index is 11.3. The summed E-state index contributed by atoms with van der Waals surface area (Å²) in [6.07, 6.45) is 0.655. The Labute approximate surface area is 224 Å². The van der Waals surface area contributed by atoms with Crippen LogP contribution in [-0.4, -0.2) is 69.9 Å². The van der Waals surface area contributed by atoms with Gasteiger partial charge in [-0.2, -0.15) is 0 Å². The molecule has 0 aromatic heterocycles. The summed E-state index contributed by atoms with van der Waals surface area (Å²) < 4.78 is 0.935. The Morgan fingerprint density at radius 1 is 0.892 bits per heavy atom. The molecule has 0 fully saturated rings. The number of carboxylic acid groups (broad SMARTS) is 2. The van der Waals surface area contributed by atoms with Crippen LogP contribution in [0.1, 0.15) is 34.1 Å². The number of nitro benzene ring substituents is 2. The van der Waals surface area contributed by atoms with Crippen molar-refractivity contribution in [1.29, 1.82) is 0 Å². The number of benzene rings is 2. The van der Waals surface area contributed by atoms with Crippen LogP contribution >= 0.6 is 33.3 Å². The largest absolute Gasteiger partial charge is 0.545 e. The lowest BCUT2D eigenvalue weighted by molar-refractivity contribution is -0.867. The minimum absolute atomic E-state index is 0.266. The number of carboxylic acids is 2. The molecule has 0 saturated carbocycles. The van der Waals surface area contributed by atoms with E-state index in [-0.39, 0.29) is 15.4 Å². The smallest absolute Gasteiger partial charge is 0.337 e. The predicted molar refractivity (Wildman–Crippen MR) is 140 cm³/mol. The van der Waals surface area contributed by atoms with Gasteiger partial charge in [-0.25, -0.2) is 4.79 Å². The van der Waals surface area contributed by atoms with Gasteiger partial charge in [-0.1, -0.05) is 36.9 Å². The van der Waals surface area contributed by atoms with Crippen molar-refractivity contribution in [3.63, 3.8) is 0 Å². The van der Waals surface area contributed by atoms with Crippen molar-refractivity contribution >= 4 is 61.8 Å². The van der Waals surface area contributed by atoms with Crippen molar-refractivity contribution in [3.8, 4) is 0 Å².